The van der Waals surface area contributed by atoms with Gasteiger partial charge in [-0.3, -0.25) is 4.79 Å². The molecular formula is C15H14Cl2N2O3S2. The van der Waals surface area contributed by atoms with E-state index in [0.717, 1.165) is 12.8 Å². The number of sulfone groups is 1. The fraction of sp³-hybridized carbons (Fsp3) is 0.467. The summed E-state index contributed by atoms with van der Waals surface area (Å²) in [7, 11) is -3.10. The molecular weight excluding hydrogens is 391 g/mol. The Morgan fingerprint density at radius 3 is 2.71 bits per heavy atom. The number of amidine groups is 1. The molecule has 1 aromatic rings. The average molecular weight is 405 g/mol. The molecule has 0 aromatic heterocycles. The standard InChI is InChI=1S/C15H14Cl2N2O3S2/c16-9-3-4-10(17)11(5-9)19-12-6-24(21,22)7-13(12)23-15(19)18-14(20)8-1-2-8/h3-5,8,12-13H,1-2,6-7H2/t12-,13-/m0/s1. The summed E-state index contributed by atoms with van der Waals surface area (Å²) in [6.45, 7) is 0. The Bertz CT molecular complexity index is 852. The number of hydrogen-bond donors (Lipinski definition) is 0. The molecule has 0 spiro atoms. The van der Waals surface area contributed by atoms with Gasteiger partial charge in [-0.05, 0) is 31.0 Å². The fourth-order valence-corrected chi connectivity index (χ4v) is 7.32. The van der Waals surface area contributed by atoms with E-state index in [9.17, 15) is 13.2 Å². The first-order chi connectivity index (χ1) is 11.3. The number of fused-ring (bicyclic) bond motifs is 1. The highest BCUT2D eigenvalue weighted by molar-refractivity contribution is 8.16. The van der Waals surface area contributed by atoms with Gasteiger partial charge in [0, 0.05) is 16.2 Å². The van der Waals surface area contributed by atoms with Crippen LogP contribution < -0.4 is 4.90 Å². The predicted molar refractivity (Wildman–Crippen MR) is 97.9 cm³/mol. The van der Waals surface area contributed by atoms with Crippen LogP contribution in [0.2, 0.25) is 10.0 Å². The first-order valence-electron chi connectivity index (χ1n) is 7.58. The fourth-order valence-electron chi connectivity index (χ4n) is 3.03. The van der Waals surface area contributed by atoms with Crippen LogP contribution in [0.15, 0.2) is 23.2 Å². The highest BCUT2D eigenvalue weighted by Crippen LogP contribution is 2.44. The maximum absolute atomic E-state index is 12.1. The number of hydrogen-bond acceptors (Lipinski definition) is 4. The lowest BCUT2D eigenvalue weighted by molar-refractivity contribution is -0.118. The van der Waals surface area contributed by atoms with Crippen molar-refractivity contribution in [3.05, 3.63) is 28.2 Å². The number of carbonyl (C=O) groups is 1. The van der Waals surface area contributed by atoms with Crippen molar-refractivity contribution in [1.29, 1.82) is 0 Å². The zero-order chi connectivity index (χ0) is 17.1. The molecule has 1 aliphatic carbocycles. The molecule has 4 rings (SSSR count). The second kappa shape index (κ2) is 5.90. The molecule has 2 heterocycles. The lowest BCUT2D eigenvalue weighted by Gasteiger charge is -2.25. The summed E-state index contributed by atoms with van der Waals surface area (Å²) in [5.41, 5.74) is 0.601. The minimum absolute atomic E-state index is 0.0129. The molecule has 2 aliphatic heterocycles. The van der Waals surface area contributed by atoms with Crippen molar-refractivity contribution in [1.82, 2.24) is 0 Å². The van der Waals surface area contributed by atoms with Crippen LogP contribution in [-0.2, 0) is 14.6 Å². The summed E-state index contributed by atoms with van der Waals surface area (Å²) >= 11 is 13.8. The first-order valence-corrected chi connectivity index (χ1v) is 11.0. The third-order valence-corrected chi connectivity index (χ3v) is 8.13. The number of aliphatic imine (C=N–C) groups is 1. The highest BCUT2D eigenvalue weighted by Gasteiger charge is 2.50. The van der Waals surface area contributed by atoms with Gasteiger partial charge in [0.05, 0.1) is 28.3 Å². The molecule has 0 radical (unpaired) electrons. The largest absolute Gasteiger partial charge is 0.314 e. The monoisotopic (exact) mass is 404 g/mol. The van der Waals surface area contributed by atoms with E-state index in [1.807, 2.05) is 0 Å². The summed E-state index contributed by atoms with van der Waals surface area (Å²) in [5, 5.41) is 1.34. The van der Waals surface area contributed by atoms with E-state index in [0.29, 0.717) is 20.9 Å². The molecule has 24 heavy (non-hydrogen) atoms. The first kappa shape index (κ1) is 16.7. The summed E-state index contributed by atoms with van der Waals surface area (Å²) in [6, 6.07) is 4.75. The Balaban J connectivity index is 1.77. The zero-order valence-corrected chi connectivity index (χ0v) is 15.6. The van der Waals surface area contributed by atoms with E-state index in [4.69, 9.17) is 23.2 Å². The maximum Gasteiger partial charge on any atom is 0.251 e. The van der Waals surface area contributed by atoms with Crippen molar-refractivity contribution in [3.8, 4) is 0 Å². The lowest BCUT2D eigenvalue weighted by Crippen LogP contribution is -2.38. The van der Waals surface area contributed by atoms with Crippen LogP contribution in [0.4, 0.5) is 5.69 Å². The van der Waals surface area contributed by atoms with Crippen molar-refractivity contribution in [2.45, 2.75) is 24.1 Å². The quantitative estimate of drug-likeness (QED) is 0.757. The van der Waals surface area contributed by atoms with E-state index in [2.05, 4.69) is 4.99 Å². The van der Waals surface area contributed by atoms with Crippen LogP contribution in [-0.4, -0.2) is 42.3 Å². The average Bonchev–Trinajstić information content (AvgIpc) is 3.23. The third-order valence-electron chi connectivity index (χ3n) is 4.37. The Morgan fingerprint density at radius 1 is 1.25 bits per heavy atom. The van der Waals surface area contributed by atoms with Gasteiger partial charge in [-0.25, -0.2) is 8.42 Å². The van der Waals surface area contributed by atoms with Crippen molar-refractivity contribution in [2.75, 3.05) is 16.4 Å². The Labute approximate surface area is 154 Å². The minimum Gasteiger partial charge on any atom is -0.314 e. The summed E-state index contributed by atoms with van der Waals surface area (Å²) in [5.74, 6) is 0.0000795. The molecule has 1 saturated carbocycles. The third kappa shape index (κ3) is 3.07. The van der Waals surface area contributed by atoms with Crippen LogP contribution in [0.1, 0.15) is 12.8 Å². The molecule has 3 aliphatic rings. The molecule has 9 heteroatoms. The minimum atomic E-state index is -3.10. The van der Waals surface area contributed by atoms with Gasteiger partial charge in [-0.2, -0.15) is 4.99 Å². The van der Waals surface area contributed by atoms with Crippen LogP contribution in [0.3, 0.4) is 0 Å². The number of nitrogens with zero attached hydrogens (tertiary/aromatic N) is 2. The molecule has 1 aromatic carbocycles. The maximum atomic E-state index is 12.1. The van der Waals surface area contributed by atoms with Gasteiger partial charge in [0.25, 0.3) is 5.91 Å². The Hall–Kier alpha value is -0.760. The second-order valence-corrected chi connectivity index (χ2v) is 10.5. The van der Waals surface area contributed by atoms with E-state index in [-0.39, 0.29) is 34.6 Å². The van der Waals surface area contributed by atoms with E-state index in [1.54, 1.807) is 23.1 Å². The smallest absolute Gasteiger partial charge is 0.251 e. The van der Waals surface area contributed by atoms with E-state index < -0.39 is 9.84 Å². The van der Waals surface area contributed by atoms with E-state index >= 15 is 0 Å². The Morgan fingerprint density at radius 2 is 2.00 bits per heavy atom. The molecule has 5 nitrogen and oxygen atoms in total. The molecule has 2 atom stereocenters. The lowest BCUT2D eigenvalue weighted by atomic mass is 10.2. The van der Waals surface area contributed by atoms with Gasteiger partial charge < -0.3 is 4.90 Å². The number of rotatable bonds is 2. The van der Waals surface area contributed by atoms with Gasteiger partial charge in [0.1, 0.15) is 0 Å². The molecule has 0 bridgehead atoms. The normalized spacial score (nSPS) is 29.9. The van der Waals surface area contributed by atoms with Gasteiger partial charge in [0.15, 0.2) is 15.0 Å². The molecule has 128 valence electrons. The number of benzene rings is 1. The molecule has 0 unspecified atom stereocenters. The molecule has 0 N–H and O–H groups in total. The van der Waals surface area contributed by atoms with Crippen LogP contribution in [0.5, 0.6) is 0 Å². The molecule has 2 saturated heterocycles. The van der Waals surface area contributed by atoms with Gasteiger partial charge in [-0.1, -0.05) is 35.0 Å². The predicted octanol–water partition coefficient (Wildman–Crippen LogP) is 3.00. The van der Waals surface area contributed by atoms with Gasteiger partial charge in [0.2, 0.25) is 0 Å². The number of amides is 1. The molecule has 3 fully saturated rings. The van der Waals surface area contributed by atoms with Crippen LogP contribution in [0, 0.1) is 5.92 Å². The highest BCUT2D eigenvalue weighted by atomic mass is 35.5. The van der Waals surface area contributed by atoms with Gasteiger partial charge >= 0.3 is 0 Å². The number of carbonyl (C=O) groups excluding carboxylic acids is 1. The zero-order valence-electron chi connectivity index (χ0n) is 12.5. The number of halogens is 2. The van der Waals surface area contributed by atoms with Crippen LogP contribution >= 0.6 is 35.0 Å². The summed E-state index contributed by atoms with van der Waals surface area (Å²) < 4.78 is 24.0. The van der Waals surface area contributed by atoms with Crippen LogP contribution in [0.25, 0.3) is 0 Å². The SMILES string of the molecule is O=C(N=C1S[C@H]2CS(=O)(=O)C[C@@H]2N1c1cc(Cl)ccc1Cl)C1CC1. The van der Waals surface area contributed by atoms with Crippen molar-refractivity contribution in [2.24, 2.45) is 10.9 Å². The Kier molecular flexibility index (Phi) is 4.10. The van der Waals surface area contributed by atoms with E-state index in [1.165, 1.54) is 11.8 Å². The summed E-state index contributed by atoms with van der Waals surface area (Å²) in [6.07, 6.45) is 1.75. The second-order valence-electron chi connectivity index (χ2n) is 6.27. The van der Waals surface area contributed by atoms with Crippen molar-refractivity contribution in [3.63, 3.8) is 0 Å². The summed E-state index contributed by atoms with van der Waals surface area (Å²) in [4.78, 5) is 18.2. The van der Waals surface area contributed by atoms with Gasteiger partial charge in [-0.15, -0.1) is 0 Å². The van der Waals surface area contributed by atoms with Crippen molar-refractivity contribution < 1.29 is 13.2 Å². The van der Waals surface area contributed by atoms with Crippen molar-refractivity contribution >= 4 is 61.6 Å². The molecule has 1 amide bonds. The topological polar surface area (TPSA) is 66.8 Å². The number of thioether (sulfide) groups is 1. The number of anilines is 1.